The van der Waals surface area contributed by atoms with E-state index in [1.54, 1.807) is 0 Å². The Morgan fingerprint density at radius 2 is 1.87 bits per heavy atom. The van der Waals surface area contributed by atoms with Gasteiger partial charge in [-0.05, 0) is 57.4 Å². The Morgan fingerprint density at radius 1 is 1.22 bits per heavy atom. The molecule has 1 aromatic carbocycles. The quantitative estimate of drug-likeness (QED) is 0.784. The lowest BCUT2D eigenvalue weighted by molar-refractivity contribution is 0.0211. The summed E-state index contributed by atoms with van der Waals surface area (Å²) in [6.45, 7) is 6.70. The van der Waals surface area contributed by atoms with Crippen LogP contribution in [0.2, 0.25) is 0 Å². The fourth-order valence-electron chi connectivity index (χ4n) is 4.25. The van der Waals surface area contributed by atoms with E-state index in [0.717, 1.165) is 19.4 Å². The third-order valence-corrected chi connectivity index (χ3v) is 5.22. The van der Waals surface area contributed by atoms with Crippen molar-refractivity contribution in [3.63, 3.8) is 0 Å². The monoisotopic (exact) mass is 315 g/mol. The molecule has 1 spiro atoms. The molecule has 2 aliphatic rings. The van der Waals surface area contributed by atoms with Gasteiger partial charge in [0.1, 0.15) is 5.60 Å². The lowest BCUT2D eigenvalue weighted by Gasteiger charge is -2.29. The number of rotatable bonds is 2. The van der Waals surface area contributed by atoms with E-state index in [-0.39, 0.29) is 12.1 Å². The van der Waals surface area contributed by atoms with E-state index in [1.807, 2.05) is 31.7 Å². The summed E-state index contributed by atoms with van der Waals surface area (Å²) >= 11 is 0. The average molecular weight is 315 g/mol. The van der Waals surface area contributed by atoms with Crippen LogP contribution in [0.5, 0.6) is 0 Å². The van der Waals surface area contributed by atoms with Crippen molar-refractivity contribution in [1.82, 2.24) is 4.90 Å². The van der Waals surface area contributed by atoms with Crippen molar-refractivity contribution < 1.29 is 9.53 Å². The van der Waals surface area contributed by atoms with Crippen LogP contribution in [0.3, 0.4) is 0 Å². The second-order valence-corrected chi connectivity index (χ2v) is 8.36. The predicted molar refractivity (Wildman–Crippen MR) is 92.4 cm³/mol. The summed E-state index contributed by atoms with van der Waals surface area (Å²) in [4.78, 5) is 14.7. The zero-order valence-electron chi connectivity index (χ0n) is 14.7. The van der Waals surface area contributed by atoms with Crippen molar-refractivity contribution in [2.24, 2.45) is 5.41 Å². The standard InChI is InChI=1S/C20H29NO2/c1-19(2,3)23-18(22)21-15-20(11-7-8-12-20)14-17(21)13-16-9-5-4-6-10-16/h4-6,9-10,17H,7-8,11-15H2,1-3H3. The van der Waals surface area contributed by atoms with Gasteiger partial charge >= 0.3 is 6.09 Å². The van der Waals surface area contributed by atoms with Crippen molar-refractivity contribution in [1.29, 1.82) is 0 Å². The van der Waals surface area contributed by atoms with Crippen molar-refractivity contribution >= 4 is 6.09 Å². The van der Waals surface area contributed by atoms with E-state index < -0.39 is 5.60 Å². The van der Waals surface area contributed by atoms with Gasteiger partial charge in [-0.25, -0.2) is 4.79 Å². The Balaban J connectivity index is 1.77. The summed E-state index contributed by atoms with van der Waals surface area (Å²) in [5, 5.41) is 0. The highest BCUT2D eigenvalue weighted by molar-refractivity contribution is 5.69. The van der Waals surface area contributed by atoms with Gasteiger partial charge in [0.25, 0.3) is 0 Å². The molecule has 0 bridgehead atoms. The van der Waals surface area contributed by atoms with Crippen molar-refractivity contribution in [2.45, 2.75) is 70.9 Å². The first-order chi connectivity index (χ1) is 10.9. The van der Waals surface area contributed by atoms with Crippen LogP contribution in [0, 0.1) is 5.41 Å². The van der Waals surface area contributed by atoms with Gasteiger partial charge in [-0.1, -0.05) is 43.2 Å². The summed E-state index contributed by atoms with van der Waals surface area (Å²) in [5.41, 5.74) is 1.22. The number of benzene rings is 1. The highest BCUT2D eigenvalue weighted by atomic mass is 16.6. The summed E-state index contributed by atoms with van der Waals surface area (Å²) in [7, 11) is 0. The smallest absolute Gasteiger partial charge is 0.410 e. The Labute approximate surface area is 140 Å². The van der Waals surface area contributed by atoms with E-state index in [0.29, 0.717) is 5.41 Å². The second-order valence-electron chi connectivity index (χ2n) is 8.36. The molecule has 1 atom stereocenters. The Morgan fingerprint density at radius 3 is 2.48 bits per heavy atom. The molecular weight excluding hydrogens is 286 g/mol. The molecule has 1 aliphatic heterocycles. The van der Waals surface area contributed by atoms with Crippen molar-refractivity contribution in [2.75, 3.05) is 6.54 Å². The highest BCUT2D eigenvalue weighted by Crippen LogP contribution is 2.48. The zero-order chi connectivity index (χ0) is 16.5. The molecule has 2 fully saturated rings. The van der Waals surface area contributed by atoms with Gasteiger partial charge in [0.05, 0.1) is 0 Å². The van der Waals surface area contributed by atoms with Crippen LogP contribution in [0.1, 0.15) is 58.4 Å². The molecule has 3 nitrogen and oxygen atoms in total. The lowest BCUT2D eigenvalue weighted by Crippen LogP contribution is -2.41. The van der Waals surface area contributed by atoms with Gasteiger partial charge in [0.2, 0.25) is 0 Å². The molecular formula is C20H29NO2. The molecule has 126 valence electrons. The fraction of sp³-hybridized carbons (Fsp3) is 0.650. The van der Waals surface area contributed by atoms with Crippen LogP contribution in [0.4, 0.5) is 4.79 Å². The molecule has 3 rings (SSSR count). The summed E-state index contributed by atoms with van der Waals surface area (Å²) in [6, 6.07) is 10.8. The number of hydrogen-bond donors (Lipinski definition) is 0. The Hall–Kier alpha value is -1.51. The van der Waals surface area contributed by atoms with Gasteiger partial charge in [-0.15, -0.1) is 0 Å². The summed E-state index contributed by atoms with van der Waals surface area (Å²) in [6.07, 6.45) is 7.06. The number of hydrogen-bond acceptors (Lipinski definition) is 2. The minimum Gasteiger partial charge on any atom is -0.444 e. The molecule has 1 amide bonds. The number of carbonyl (C=O) groups is 1. The van der Waals surface area contributed by atoms with Crippen molar-refractivity contribution in [3.8, 4) is 0 Å². The third kappa shape index (κ3) is 3.88. The van der Waals surface area contributed by atoms with Crippen LogP contribution in [-0.4, -0.2) is 29.2 Å². The normalized spacial score (nSPS) is 23.4. The molecule has 1 heterocycles. The van der Waals surface area contributed by atoms with Crippen LogP contribution in [-0.2, 0) is 11.2 Å². The first kappa shape index (κ1) is 16.4. The van der Waals surface area contributed by atoms with E-state index in [2.05, 4.69) is 24.3 Å². The number of amides is 1. The molecule has 1 aliphatic carbocycles. The van der Waals surface area contributed by atoms with Crippen LogP contribution in [0.15, 0.2) is 30.3 Å². The minimum atomic E-state index is -0.431. The maximum absolute atomic E-state index is 12.7. The molecule has 0 N–H and O–H groups in total. The molecule has 1 saturated heterocycles. The van der Waals surface area contributed by atoms with Crippen LogP contribution >= 0.6 is 0 Å². The van der Waals surface area contributed by atoms with Gasteiger partial charge in [-0.2, -0.15) is 0 Å². The molecule has 0 aromatic heterocycles. The SMILES string of the molecule is CC(C)(C)OC(=O)N1CC2(CCCC2)CC1Cc1ccccc1. The average Bonchev–Trinajstić information content (AvgIpc) is 3.06. The number of likely N-dealkylation sites (tertiary alicyclic amines) is 1. The van der Waals surface area contributed by atoms with Gasteiger partial charge in [0, 0.05) is 12.6 Å². The van der Waals surface area contributed by atoms with Gasteiger partial charge < -0.3 is 9.64 Å². The molecule has 1 aromatic rings. The van der Waals surface area contributed by atoms with Gasteiger partial charge in [-0.3, -0.25) is 0 Å². The second kappa shape index (κ2) is 6.18. The first-order valence-corrected chi connectivity index (χ1v) is 8.91. The highest BCUT2D eigenvalue weighted by Gasteiger charge is 2.47. The zero-order valence-corrected chi connectivity index (χ0v) is 14.7. The summed E-state index contributed by atoms with van der Waals surface area (Å²) < 4.78 is 5.68. The number of nitrogens with zero attached hydrogens (tertiary/aromatic N) is 1. The number of carbonyl (C=O) groups excluding carboxylic acids is 1. The van der Waals surface area contributed by atoms with E-state index in [1.165, 1.54) is 31.2 Å². The molecule has 23 heavy (non-hydrogen) atoms. The fourth-order valence-corrected chi connectivity index (χ4v) is 4.25. The van der Waals surface area contributed by atoms with E-state index in [9.17, 15) is 4.79 Å². The van der Waals surface area contributed by atoms with Crippen molar-refractivity contribution in [3.05, 3.63) is 35.9 Å². The van der Waals surface area contributed by atoms with E-state index >= 15 is 0 Å². The van der Waals surface area contributed by atoms with E-state index in [4.69, 9.17) is 4.74 Å². The topological polar surface area (TPSA) is 29.5 Å². The predicted octanol–water partition coefficient (Wildman–Crippen LogP) is 4.80. The number of ether oxygens (including phenoxy) is 1. The first-order valence-electron chi connectivity index (χ1n) is 8.91. The maximum Gasteiger partial charge on any atom is 0.410 e. The molecule has 0 radical (unpaired) electrons. The third-order valence-electron chi connectivity index (χ3n) is 5.22. The minimum absolute atomic E-state index is 0.137. The Bertz CT molecular complexity index is 541. The Kier molecular flexibility index (Phi) is 4.39. The maximum atomic E-state index is 12.7. The van der Waals surface area contributed by atoms with Gasteiger partial charge in [0.15, 0.2) is 0 Å². The largest absolute Gasteiger partial charge is 0.444 e. The lowest BCUT2D eigenvalue weighted by atomic mass is 9.83. The summed E-state index contributed by atoms with van der Waals surface area (Å²) in [5.74, 6) is 0. The molecule has 1 saturated carbocycles. The van der Waals surface area contributed by atoms with Crippen LogP contribution < -0.4 is 0 Å². The van der Waals surface area contributed by atoms with Crippen LogP contribution in [0.25, 0.3) is 0 Å². The molecule has 3 heteroatoms. The molecule has 1 unspecified atom stereocenters.